The highest BCUT2D eigenvalue weighted by Gasteiger charge is 2.16. The second kappa shape index (κ2) is 6.08. The lowest BCUT2D eigenvalue weighted by molar-refractivity contribution is 0.393. The molecule has 1 aromatic carbocycles. The number of benzene rings is 1. The van der Waals surface area contributed by atoms with Crippen LogP contribution >= 0.6 is 43.2 Å². The SMILES string of the molecule is COc1cc(OC)cc(C(Br)c2sccc2Br)c1. The lowest BCUT2D eigenvalue weighted by Crippen LogP contribution is -1.94. The van der Waals surface area contributed by atoms with Gasteiger partial charge in [0.2, 0.25) is 0 Å². The minimum absolute atomic E-state index is 0.121. The van der Waals surface area contributed by atoms with Crippen LogP contribution in [0.3, 0.4) is 0 Å². The van der Waals surface area contributed by atoms with Crippen LogP contribution in [0.1, 0.15) is 15.3 Å². The first-order valence-corrected chi connectivity index (χ1v) is 7.84. The predicted octanol–water partition coefficient (Wildman–Crippen LogP) is 5.01. The van der Waals surface area contributed by atoms with Crippen molar-refractivity contribution >= 4 is 43.2 Å². The Bertz CT molecular complexity index is 517. The van der Waals surface area contributed by atoms with Crippen LogP contribution in [0, 0.1) is 0 Å². The summed E-state index contributed by atoms with van der Waals surface area (Å²) in [7, 11) is 3.31. The third-order valence-corrected chi connectivity index (χ3v) is 5.77. The monoisotopic (exact) mass is 390 g/mol. The van der Waals surface area contributed by atoms with Gasteiger partial charge in [0.15, 0.2) is 0 Å². The molecule has 18 heavy (non-hydrogen) atoms. The van der Waals surface area contributed by atoms with E-state index in [4.69, 9.17) is 9.47 Å². The largest absolute Gasteiger partial charge is 0.497 e. The Labute approximate surface area is 127 Å². The highest BCUT2D eigenvalue weighted by Crippen LogP contribution is 2.41. The highest BCUT2D eigenvalue weighted by molar-refractivity contribution is 9.11. The van der Waals surface area contributed by atoms with Crippen LogP contribution in [0.5, 0.6) is 11.5 Å². The van der Waals surface area contributed by atoms with Gasteiger partial charge in [-0.3, -0.25) is 0 Å². The minimum atomic E-state index is 0.121. The topological polar surface area (TPSA) is 18.5 Å². The molecule has 0 aliphatic heterocycles. The van der Waals surface area contributed by atoms with E-state index in [0.717, 1.165) is 21.5 Å². The molecule has 1 unspecified atom stereocenters. The molecule has 1 aromatic heterocycles. The van der Waals surface area contributed by atoms with Crippen molar-refractivity contribution in [3.05, 3.63) is 44.6 Å². The average Bonchev–Trinajstić information content (AvgIpc) is 2.83. The first-order valence-electron chi connectivity index (χ1n) is 5.25. The van der Waals surface area contributed by atoms with E-state index in [1.54, 1.807) is 25.6 Å². The van der Waals surface area contributed by atoms with Crippen molar-refractivity contribution in [2.75, 3.05) is 14.2 Å². The Balaban J connectivity index is 2.41. The van der Waals surface area contributed by atoms with Crippen LogP contribution in [0.15, 0.2) is 34.1 Å². The molecule has 0 spiro atoms. The maximum absolute atomic E-state index is 5.29. The van der Waals surface area contributed by atoms with Gasteiger partial charge in [-0.25, -0.2) is 0 Å². The van der Waals surface area contributed by atoms with Crippen LogP contribution < -0.4 is 9.47 Å². The van der Waals surface area contributed by atoms with E-state index < -0.39 is 0 Å². The molecule has 2 aromatic rings. The molecule has 0 saturated carbocycles. The van der Waals surface area contributed by atoms with Crippen molar-refractivity contribution in [3.63, 3.8) is 0 Å². The van der Waals surface area contributed by atoms with Crippen LogP contribution in [0.25, 0.3) is 0 Å². The fourth-order valence-corrected chi connectivity index (χ4v) is 4.36. The summed E-state index contributed by atoms with van der Waals surface area (Å²) in [6.45, 7) is 0. The number of hydrogen-bond donors (Lipinski definition) is 0. The molecular formula is C13H12Br2O2S. The summed E-state index contributed by atoms with van der Waals surface area (Å²) in [5, 5.41) is 2.06. The van der Waals surface area contributed by atoms with Crippen LogP contribution in [-0.4, -0.2) is 14.2 Å². The van der Waals surface area contributed by atoms with Crippen LogP contribution in [0.4, 0.5) is 0 Å². The number of alkyl halides is 1. The molecular weight excluding hydrogens is 380 g/mol. The van der Waals surface area contributed by atoms with Gasteiger partial charge in [-0.2, -0.15) is 0 Å². The first kappa shape index (κ1) is 13.9. The molecule has 5 heteroatoms. The number of thiophene rings is 1. The van der Waals surface area contributed by atoms with Crippen LogP contribution in [0.2, 0.25) is 0 Å². The van der Waals surface area contributed by atoms with Gasteiger partial charge in [0, 0.05) is 15.4 Å². The van der Waals surface area contributed by atoms with E-state index in [9.17, 15) is 0 Å². The summed E-state index contributed by atoms with van der Waals surface area (Å²) in [5.41, 5.74) is 1.11. The Kier molecular flexibility index (Phi) is 4.70. The van der Waals surface area contributed by atoms with E-state index >= 15 is 0 Å². The maximum atomic E-state index is 5.29. The van der Waals surface area contributed by atoms with Gasteiger partial charge < -0.3 is 9.47 Å². The molecule has 0 radical (unpaired) electrons. The molecule has 0 bridgehead atoms. The number of rotatable bonds is 4. The Morgan fingerprint density at radius 1 is 1.11 bits per heavy atom. The molecule has 0 aliphatic carbocycles. The lowest BCUT2D eigenvalue weighted by atomic mass is 10.1. The smallest absolute Gasteiger partial charge is 0.122 e. The predicted molar refractivity (Wildman–Crippen MR) is 82.3 cm³/mol. The highest BCUT2D eigenvalue weighted by atomic mass is 79.9. The van der Waals surface area contributed by atoms with Gasteiger partial charge >= 0.3 is 0 Å². The second-order valence-corrected chi connectivity index (χ2v) is 6.36. The van der Waals surface area contributed by atoms with Gasteiger partial charge in [-0.15, -0.1) is 11.3 Å². The number of hydrogen-bond acceptors (Lipinski definition) is 3. The van der Waals surface area contributed by atoms with Gasteiger partial charge in [-0.05, 0) is 45.1 Å². The van der Waals surface area contributed by atoms with Crippen molar-refractivity contribution in [1.82, 2.24) is 0 Å². The van der Waals surface area contributed by atoms with Gasteiger partial charge in [0.1, 0.15) is 11.5 Å². The summed E-state index contributed by atoms with van der Waals surface area (Å²) in [6.07, 6.45) is 0. The standard InChI is InChI=1S/C13H12Br2O2S/c1-16-9-5-8(6-10(7-9)17-2)12(15)13-11(14)3-4-18-13/h3-7,12H,1-2H3. The molecule has 0 amide bonds. The zero-order chi connectivity index (χ0) is 13.1. The fourth-order valence-electron chi connectivity index (χ4n) is 1.61. The number of methoxy groups -OCH3 is 2. The molecule has 0 fully saturated rings. The van der Waals surface area contributed by atoms with Gasteiger partial charge in [-0.1, -0.05) is 15.9 Å². The maximum Gasteiger partial charge on any atom is 0.122 e. The molecule has 2 nitrogen and oxygen atoms in total. The molecule has 1 heterocycles. The second-order valence-electron chi connectivity index (χ2n) is 3.64. The molecule has 0 saturated heterocycles. The molecule has 96 valence electrons. The Hall–Kier alpha value is -0.520. The summed E-state index contributed by atoms with van der Waals surface area (Å²) in [6, 6.07) is 7.93. The van der Waals surface area contributed by atoms with Gasteiger partial charge in [0.25, 0.3) is 0 Å². The normalized spacial score (nSPS) is 12.2. The van der Waals surface area contributed by atoms with Crippen molar-refractivity contribution in [3.8, 4) is 11.5 Å². The zero-order valence-electron chi connectivity index (χ0n) is 9.94. The van der Waals surface area contributed by atoms with Crippen molar-refractivity contribution in [2.45, 2.75) is 4.83 Å². The fraction of sp³-hybridized carbons (Fsp3) is 0.231. The van der Waals surface area contributed by atoms with E-state index in [0.29, 0.717) is 0 Å². The third-order valence-electron chi connectivity index (χ3n) is 2.54. The average molecular weight is 392 g/mol. The van der Waals surface area contributed by atoms with Crippen molar-refractivity contribution in [2.24, 2.45) is 0 Å². The summed E-state index contributed by atoms with van der Waals surface area (Å²) in [5.74, 6) is 1.59. The zero-order valence-corrected chi connectivity index (χ0v) is 13.9. The molecule has 1 atom stereocenters. The minimum Gasteiger partial charge on any atom is -0.497 e. The molecule has 2 rings (SSSR count). The van der Waals surface area contributed by atoms with E-state index in [1.165, 1.54) is 4.88 Å². The molecule has 0 N–H and O–H groups in total. The van der Waals surface area contributed by atoms with E-state index in [2.05, 4.69) is 37.2 Å². The number of ether oxygens (including phenoxy) is 2. The van der Waals surface area contributed by atoms with Crippen LogP contribution in [-0.2, 0) is 0 Å². The summed E-state index contributed by atoms with van der Waals surface area (Å²) < 4.78 is 11.7. The van der Waals surface area contributed by atoms with E-state index in [1.807, 2.05) is 24.3 Å². The Morgan fingerprint density at radius 3 is 2.17 bits per heavy atom. The van der Waals surface area contributed by atoms with Gasteiger partial charge in [0.05, 0.1) is 19.0 Å². The third kappa shape index (κ3) is 2.90. The van der Waals surface area contributed by atoms with Crippen molar-refractivity contribution < 1.29 is 9.47 Å². The quantitative estimate of drug-likeness (QED) is 0.681. The summed E-state index contributed by atoms with van der Waals surface area (Å²) in [4.78, 5) is 1.35. The number of halogens is 2. The molecule has 0 aliphatic rings. The summed E-state index contributed by atoms with van der Waals surface area (Å²) >= 11 is 8.98. The first-order chi connectivity index (χ1) is 8.65. The Morgan fingerprint density at radius 2 is 1.72 bits per heavy atom. The van der Waals surface area contributed by atoms with E-state index in [-0.39, 0.29) is 4.83 Å². The lowest BCUT2D eigenvalue weighted by Gasteiger charge is -2.13. The van der Waals surface area contributed by atoms with Crippen molar-refractivity contribution in [1.29, 1.82) is 0 Å².